The number of carbonyl (C=O) groups excluding carboxylic acids is 1. The van der Waals surface area contributed by atoms with E-state index in [0.717, 1.165) is 16.7 Å². The van der Waals surface area contributed by atoms with Gasteiger partial charge in [-0.1, -0.05) is 11.6 Å². The Morgan fingerprint density at radius 2 is 1.63 bits per heavy atom. The van der Waals surface area contributed by atoms with Crippen LogP contribution in [0.2, 0.25) is 5.02 Å². The van der Waals surface area contributed by atoms with Crippen LogP contribution in [0.5, 0.6) is 0 Å². The van der Waals surface area contributed by atoms with E-state index in [1.165, 1.54) is 11.1 Å². The molecule has 0 saturated heterocycles. The third-order valence-electron chi connectivity index (χ3n) is 4.50. The van der Waals surface area contributed by atoms with Crippen LogP contribution in [0.4, 0.5) is 5.69 Å². The van der Waals surface area contributed by atoms with Gasteiger partial charge >= 0.3 is 0 Å². The monoisotopic (exact) mass is 376 g/mol. The third-order valence-corrected chi connectivity index (χ3v) is 4.75. The molecule has 0 spiro atoms. The molecule has 4 nitrogen and oxygen atoms in total. The van der Waals surface area contributed by atoms with Gasteiger partial charge in [-0.15, -0.1) is 0 Å². The number of aromatic nitrogens is 1. The minimum absolute atomic E-state index is 0.188. The number of anilines is 1. The van der Waals surface area contributed by atoms with Gasteiger partial charge < -0.3 is 9.73 Å². The third kappa shape index (κ3) is 3.57. The minimum atomic E-state index is -0.188. The molecule has 0 atom stereocenters. The molecule has 5 heteroatoms. The van der Waals surface area contributed by atoms with Crippen molar-refractivity contribution in [1.82, 2.24) is 4.98 Å². The fourth-order valence-corrected chi connectivity index (χ4v) is 2.93. The van der Waals surface area contributed by atoms with Crippen LogP contribution in [0.25, 0.3) is 22.6 Å². The van der Waals surface area contributed by atoms with E-state index in [4.69, 9.17) is 16.0 Å². The van der Waals surface area contributed by atoms with Crippen LogP contribution in [-0.2, 0) is 0 Å². The van der Waals surface area contributed by atoms with Crippen molar-refractivity contribution < 1.29 is 9.21 Å². The van der Waals surface area contributed by atoms with E-state index < -0.39 is 0 Å². The maximum Gasteiger partial charge on any atom is 0.255 e. The topological polar surface area (TPSA) is 55.1 Å². The fraction of sp³-hybridized carbons (Fsp3) is 0.0909. The molecule has 4 rings (SSSR count). The van der Waals surface area contributed by atoms with Crippen molar-refractivity contribution in [2.24, 2.45) is 0 Å². The molecule has 4 aromatic rings. The Bertz CT molecular complexity index is 1090. The van der Waals surface area contributed by atoms with Crippen LogP contribution in [0.3, 0.4) is 0 Å². The molecule has 0 radical (unpaired) electrons. The lowest BCUT2D eigenvalue weighted by atomic mass is 10.1. The lowest BCUT2D eigenvalue weighted by Crippen LogP contribution is -2.11. The van der Waals surface area contributed by atoms with E-state index in [1.807, 2.05) is 36.4 Å². The zero-order chi connectivity index (χ0) is 19.0. The SMILES string of the molecule is Cc1cc2nc(-c3ccc(NC(=O)c4ccc(Cl)cc4)cc3)oc2cc1C. The predicted molar refractivity (Wildman–Crippen MR) is 108 cm³/mol. The summed E-state index contributed by atoms with van der Waals surface area (Å²) in [6.45, 7) is 4.11. The molecule has 1 aromatic heterocycles. The first kappa shape index (κ1) is 17.3. The number of oxazole rings is 1. The van der Waals surface area contributed by atoms with Crippen LogP contribution in [0, 0.1) is 13.8 Å². The maximum absolute atomic E-state index is 12.3. The number of hydrogen-bond donors (Lipinski definition) is 1. The summed E-state index contributed by atoms with van der Waals surface area (Å²) in [4.78, 5) is 16.8. The van der Waals surface area contributed by atoms with Crippen molar-refractivity contribution in [2.45, 2.75) is 13.8 Å². The number of nitrogens with zero attached hydrogens (tertiary/aromatic N) is 1. The predicted octanol–water partition coefficient (Wildman–Crippen LogP) is 6.02. The molecular formula is C22H17ClN2O2. The summed E-state index contributed by atoms with van der Waals surface area (Å²) in [5.74, 6) is 0.373. The highest BCUT2D eigenvalue weighted by Gasteiger charge is 2.11. The average molecular weight is 377 g/mol. The molecule has 0 aliphatic rings. The number of rotatable bonds is 3. The first-order valence-electron chi connectivity index (χ1n) is 8.55. The van der Waals surface area contributed by atoms with Crippen molar-refractivity contribution in [2.75, 3.05) is 5.32 Å². The first-order chi connectivity index (χ1) is 13.0. The van der Waals surface area contributed by atoms with Gasteiger partial charge in [0.25, 0.3) is 5.91 Å². The van der Waals surface area contributed by atoms with E-state index >= 15 is 0 Å². The molecule has 3 aromatic carbocycles. The number of carbonyl (C=O) groups is 1. The number of nitrogens with one attached hydrogen (secondary N) is 1. The number of amides is 1. The highest BCUT2D eigenvalue weighted by atomic mass is 35.5. The summed E-state index contributed by atoms with van der Waals surface area (Å²) in [6, 6.07) is 18.2. The Kier molecular flexibility index (Phi) is 4.42. The van der Waals surface area contributed by atoms with Gasteiger partial charge in [0.05, 0.1) is 0 Å². The van der Waals surface area contributed by atoms with Crippen molar-refractivity contribution >= 4 is 34.3 Å². The second-order valence-electron chi connectivity index (χ2n) is 6.46. The summed E-state index contributed by atoms with van der Waals surface area (Å²) < 4.78 is 5.88. The summed E-state index contributed by atoms with van der Waals surface area (Å²) in [7, 11) is 0. The number of hydrogen-bond acceptors (Lipinski definition) is 3. The molecule has 134 valence electrons. The second-order valence-corrected chi connectivity index (χ2v) is 6.90. The molecule has 0 unspecified atom stereocenters. The molecular weight excluding hydrogens is 360 g/mol. The normalized spacial score (nSPS) is 10.9. The summed E-state index contributed by atoms with van der Waals surface area (Å²) in [5, 5.41) is 3.46. The highest BCUT2D eigenvalue weighted by Crippen LogP contribution is 2.27. The van der Waals surface area contributed by atoms with Gasteiger partial charge in [0.15, 0.2) is 5.58 Å². The largest absolute Gasteiger partial charge is 0.436 e. The lowest BCUT2D eigenvalue weighted by Gasteiger charge is -2.06. The van der Waals surface area contributed by atoms with Crippen molar-refractivity contribution in [3.8, 4) is 11.5 Å². The van der Waals surface area contributed by atoms with Crippen molar-refractivity contribution in [3.05, 3.63) is 82.4 Å². The van der Waals surface area contributed by atoms with Crippen molar-refractivity contribution in [1.29, 1.82) is 0 Å². The number of halogens is 1. The molecule has 0 saturated carbocycles. The number of aryl methyl sites for hydroxylation is 2. The standard InChI is InChI=1S/C22H17ClN2O2/c1-13-11-19-20(12-14(13)2)27-22(25-19)16-5-9-18(10-6-16)24-21(26)15-3-7-17(23)8-4-15/h3-12H,1-2H3,(H,24,26). The van der Waals surface area contributed by atoms with Crippen LogP contribution in [-0.4, -0.2) is 10.9 Å². The first-order valence-corrected chi connectivity index (χ1v) is 8.92. The Hall–Kier alpha value is -3.11. The maximum atomic E-state index is 12.3. The Balaban J connectivity index is 1.55. The molecule has 1 amide bonds. The van der Waals surface area contributed by atoms with Crippen molar-refractivity contribution in [3.63, 3.8) is 0 Å². The van der Waals surface area contributed by atoms with E-state index in [9.17, 15) is 4.79 Å². The van der Waals surface area contributed by atoms with Gasteiger partial charge in [-0.05, 0) is 85.6 Å². The van der Waals surface area contributed by atoms with Gasteiger partial charge in [-0.3, -0.25) is 4.79 Å². The van der Waals surface area contributed by atoms with E-state index in [2.05, 4.69) is 24.1 Å². The summed E-state index contributed by atoms with van der Waals surface area (Å²) in [5.41, 5.74) is 6.06. The zero-order valence-electron chi connectivity index (χ0n) is 14.9. The Morgan fingerprint density at radius 1 is 0.963 bits per heavy atom. The second kappa shape index (κ2) is 6.89. The quantitative estimate of drug-likeness (QED) is 0.475. The highest BCUT2D eigenvalue weighted by molar-refractivity contribution is 6.30. The van der Waals surface area contributed by atoms with E-state index in [0.29, 0.717) is 22.2 Å². The van der Waals surface area contributed by atoms with Crippen LogP contribution >= 0.6 is 11.6 Å². The van der Waals surface area contributed by atoms with E-state index in [1.54, 1.807) is 24.3 Å². The number of benzene rings is 3. The Labute approximate surface area is 161 Å². The van der Waals surface area contributed by atoms with Crippen LogP contribution < -0.4 is 5.32 Å². The summed E-state index contributed by atoms with van der Waals surface area (Å²) >= 11 is 5.85. The molecule has 1 heterocycles. The molecule has 1 N–H and O–H groups in total. The molecule has 0 bridgehead atoms. The van der Waals surface area contributed by atoms with Gasteiger partial charge in [0.2, 0.25) is 5.89 Å². The molecule has 0 aliphatic heterocycles. The van der Waals surface area contributed by atoms with Crippen LogP contribution in [0.1, 0.15) is 21.5 Å². The minimum Gasteiger partial charge on any atom is -0.436 e. The van der Waals surface area contributed by atoms with Gasteiger partial charge in [-0.25, -0.2) is 4.98 Å². The Morgan fingerprint density at radius 3 is 2.33 bits per heavy atom. The lowest BCUT2D eigenvalue weighted by molar-refractivity contribution is 0.102. The molecule has 0 aliphatic carbocycles. The van der Waals surface area contributed by atoms with Gasteiger partial charge in [-0.2, -0.15) is 0 Å². The van der Waals surface area contributed by atoms with E-state index in [-0.39, 0.29) is 5.91 Å². The smallest absolute Gasteiger partial charge is 0.255 e. The summed E-state index contributed by atoms with van der Waals surface area (Å²) in [6.07, 6.45) is 0. The fourth-order valence-electron chi connectivity index (χ4n) is 2.80. The molecule has 27 heavy (non-hydrogen) atoms. The average Bonchev–Trinajstić information content (AvgIpc) is 3.06. The van der Waals surface area contributed by atoms with Crippen LogP contribution in [0.15, 0.2) is 65.1 Å². The molecule has 0 fully saturated rings. The number of fused-ring (bicyclic) bond motifs is 1. The van der Waals surface area contributed by atoms with Gasteiger partial charge in [0.1, 0.15) is 5.52 Å². The zero-order valence-corrected chi connectivity index (χ0v) is 15.7. The van der Waals surface area contributed by atoms with Gasteiger partial charge in [0, 0.05) is 21.8 Å².